The number of amides is 5. The molecule has 2 aromatic heterocycles. The van der Waals surface area contributed by atoms with Crippen LogP contribution in [-0.4, -0.2) is 74.4 Å². The standard InChI is InChI=1S/C41H44N6O9.2C2H6/c1-5-26-28-20-47-31(17-23(4)29(40(47)53)21-56-41(54)55)38(28)44-30-13-11-24-10-12-25(18-27(24)36(26)30)43-33(49)19-42-39(52)37(22(2)3)45-32(48)9-7-6-8-16-46-34(50)14-15-35(46)51;2*1-2/h10-15,17-18,22,37H,5-9,16,19-21H2,1-4H3,(H,42,52)(H,43,49)(H,45,48)(H,54,55);2*1-2H3. The molecule has 15 heteroatoms. The van der Waals surface area contributed by atoms with Crippen LogP contribution in [0.2, 0.25) is 0 Å². The molecule has 0 fully saturated rings. The van der Waals surface area contributed by atoms with Gasteiger partial charge in [-0.3, -0.25) is 33.7 Å². The maximum atomic E-state index is 13.5. The van der Waals surface area contributed by atoms with Crippen LogP contribution in [0.1, 0.15) is 96.4 Å². The number of carbonyl (C=O) groups excluding carboxylic acids is 5. The van der Waals surface area contributed by atoms with Crippen LogP contribution in [0, 0.1) is 12.8 Å². The molecule has 0 radical (unpaired) electrons. The summed E-state index contributed by atoms with van der Waals surface area (Å²) >= 11 is 0. The van der Waals surface area contributed by atoms with E-state index in [2.05, 4.69) is 16.0 Å². The van der Waals surface area contributed by atoms with Gasteiger partial charge in [0.05, 0.1) is 35.6 Å². The lowest BCUT2D eigenvalue weighted by Crippen LogP contribution is -2.51. The molecule has 2 aromatic carbocycles. The normalized spacial score (nSPS) is 12.9. The number of carboxylic acid groups (broad SMARTS) is 1. The van der Waals surface area contributed by atoms with E-state index in [0.717, 1.165) is 37.7 Å². The SMILES string of the molecule is CC.CC.CCc1c2c(nc3ccc4ccc(NC(=O)CNC(=O)C(NC(=O)CCCCCN5C(=O)C=CC5=O)C(C)C)cc4c13)-c1cc(C)c(COC(=O)O)c(=O)n1C2. The molecule has 60 heavy (non-hydrogen) atoms. The van der Waals surface area contributed by atoms with Crippen LogP contribution in [0.5, 0.6) is 0 Å². The van der Waals surface area contributed by atoms with Crippen LogP contribution in [0.15, 0.2) is 53.3 Å². The molecule has 0 spiro atoms. The van der Waals surface area contributed by atoms with Crippen molar-refractivity contribution in [3.05, 3.63) is 81.2 Å². The number of aryl methyl sites for hydroxylation is 2. The minimum atomic E-state index is -1.46. The van der Waals surface area contributed by atoms with Crippen LogP contribution in [-0.2, 0) is 48.3 Å². The van der Waals surface area contributed by atoms with Gasteiger partial charge in [0.1, 0.15) is 12.6 Å². The van der Waals surface area contributed by atoms with Crippen molar-refractivity contribution in [3.8, 4) is 11.4 Å². The fourth-order valence-electron chi connectivity index (χ4n) is 7.33. The summed E-state index contributed by atoms with van der Waals surface area (Å²) in [6, 6.07) is 10.4. The van der Waals surface area contributed by atoms with E-state index in [9.17, 15) is 33.6 Å². The van der Waals surface area contributed by atoms with Gasteiger partial charge in [0, 0.05) is 41.8 Å². The molecular formula is C45H56N6O9. The summed E-state index contributed by atoms with van der Waals surface area (Å²) in [5, 5.41) is 19.9. The fourth-order valence-corrected chi connectivity index (χ4v) is 7.33. The summed E-state index contributed by atoms with van der Waals surface area (Å²) in [5.74, 6) is -2.18. The first-order valence-corrected chi connectivity index (χ1v) is 20.6. The molecule has 1 unspecified atom stereocenters. The number of nitrogens with zero attached hydrogens (tertiary/aromatic N) is 3. The topological polar surface area (TPSA) is 206 Å². The van der Waals surface area contributed by atoms with Crippen molar-refractivity contribution in [1.82, 2.24) is 25.1 Å². The van der Waals surface area contributed by atoms with Gasteiger partial charge < -0.3 is 30.4 Å². The monoisotopic (exact) mass is 824 g/mol. The van der Waals surface area contributed by atoms with Crippen LogP contribution in [0.4, 0.5) is 10.5 Å². The van der Waals surface area contributed by atoms with E-state index in [1.54, 1.807) is 31.4 Å². The van der Waals surface area contributed by atoms with Crippen molar-refractivity contribution < 1.29 is 38.6 Å². The number of pyridine rings is 2. The minimum absolute atomic E-state index is 0.169. The number of benzene rings is 2. The van der Waals surface area contributed by atoms with Gasteiger partial charge >= 0.3 is 6.16 Å². The second-order valence-electron chi connectivity index (χ2n) is 14.3. The Bertz CT molecular complexity index is 2360. The second kappa shape index (κ2) is 21.0. The van der Waals surface area contributed by atoms with E-state index in [4.69, 9.17) is 14.8 Å². The van der Waals surface area contributed by atoms with Gasteiger partial charge in [-0.25, -0.2) is 9.78 Å². The first kappa shape index (κ1) is 46.3. The molecule has 320 valence electrons. The lowest BCUT2D eigenvalue weighted by molar-refractivity contribution is -0.137. The number of fused-ring (bicyclic) bond motifs is 6. The highest BCUT2D eigenvalue weighted by molar-refractivity contribution is 6.13. The van der Waals surface area contributed by atoms with Gasteiger partial charge in [0.15, 0.2) is 0 Å². The average molecular weight is 825 g/mol. The van der Waals surface area contributed by atoms with Crippen molar-refractivity contribution >= 4 is 63.1 Å². The molecule has 0 aliphatic carbocycles. The Labute approximate surface area is 349 Å². The zero-order valence-corrected chi connectivity index (χ0v) is 35.7. The van der Waals surface area contributed by atoms with Crippen molar-refractivity contribution in [3.63, 3.8) is 0 Å². The van der Waals surface area contributed by atoms with E-state index >= 15 is 0 Å². The summed E-state index contributed by atoms with van der Waals surface area (Å²) in [5.41, 5.74) is 5.04. The number of anilines is 1. The van der Waals surface area contributed by atoms with Gasteiger partial charge in [-0.05, 0) is 78.3 Å². The van der Waals surface area contributed by atoms with E-state index in [1.807, 2.05) is 65.0 Å². The highest BCUT2D eigenvalue weighted by Crippen LogP contribution is 2.39. The number of hydrogen-bond donors (Lipinski definition) is 4. The molecule has 6 rings (SSSR count). The predicted octanol–water partition coefficient (Wildman–Crippen LogP) is 6.38. The van der Waals surface area contributed by atoms with Crippen LogP contribution < -0.4 is 21.5 Å². The lowest BCUT2D eigenvalue weighted by atomic mass is 9.94. The Hall–Kier alpha value is -6.38. The van der Waals surface area contributed by atoms with E-state index in [1.165, 1.54) is 12.2 Å². The van der Waals surface area contributed by atoms with E-state index < -0.39 is 24.0 Å². The highest BCUT2D eigenvalue weighted by Gasteiger charge is 2.29. The number of ether oxygens (including phenoxy) is 1. The third-order valence-corrected chi connectivity index (χ3v) is 10.2. The Morgan fingerprint density at radius 3 is 2.23 bits per heavy atom. The first-order chi connectivity index (χ1) is 28.8. The molecule has 5 amide bonds. The second-order valence-corrected chi connectivity index (χ2v) is 14.3. The number of rotatable bonds is 15. The maximum Gasteiger partial charge on any atom is 0.506 e. The average Bonchev–Trinajstić information content (AvgIpc) is 3.76. The van der Waals surface area contributed by atoms with Gasteiger partial charge in [0.2, 0.25) is 17.7 Å². The number of unbranched alkanes of at least 4 members (excludes halogenated alkanes) is 2. The van der Waals surface area contributed by atoms with E-state index in [-0.39, 0.29) is 67.4 Å². The Kier molecular flexibility index (Phi) is 16.2. The van der Waals surface area contributed by atoms with Crippen LogP contribution >= 0.6 is 0 Å². The minimum Gasteiger partial charge on any atom is -0.450 e. The quantitative estimate of drug-likeness (QED) is 0.0397. The molecule has 0 saturated carbocycles. The van der Waals surface area contributed by atoms with E-state index in [0.29, 0.717) is 48.3 Å². The summed E-state index contributed by atoms with van der Waals surface area (Å²) in [6.07, 6.45) is 3.52. The third-order valence-electron chi connectivity index (χ3n) is 10.2. The fraction of sp³-hybridized carbons (Fsp3) is 0.422. The van der Waals surface area contributed by atoms with Gasteiger partial charge in [-0.15, -0.1) is 0 Å². The summed E-state index contributed by atoms with van der Waals surface area (Å²) in [6.45, 7) is 15.2. The molecule has 0 saturated heterocycles. The number of aromatic nitrogens is 2. The smallest absolute Gasteiger partial charge is 0.450 e. The zero-order chi connectivity index (χ0) is 44.3. The molecule has 4 heterocycles. The van der Waals surface area contributed by atoms with Crippen molar-refractivity contribution in [2.24, 2.45) is 5.92 Å². The predicted molar refractivity (Wildman–Crippen MR) is 230 cm³/mol. The van der Waals surface area contributed by atoms with Gasteiger partial charge in [-0.2, -0.15) is 0 Å². The van der Waals surface area contributed by atoms with Gasteiger partial charge in [-0.1, -0.05) is 67.0 Å². The molecule has 0 bridgehead atoms. The highest BCUT2D eigenvalue weighted by atomic mass is 16.7. The maximum absolute atomic E-state index is 13.5. The third kappa shape index (κ3) is 10.4. The first-order valence-electron chi connectivity index (χ1n) is 20.6. The molecule has 1 atom stereocenters. The zero-order valence-electron chi connectivity index (χ0n) is 35.7. The van der Waals surface area contributed by atoms with Crippen molar-refractivity contribution in [1.29, 1.82) is 0 Å². The summed E-state index contributed by atoms with van der Waals surface area (Å²) in [4.78, 5) is 92.9. The van der Waals surface area contributed by atoms with Crippen molar-refractivity contribution in [2.45, 2.75) is 107 Å². The largest absolute Gasteiger partial charge is 0.506 e. The number of imide groups is 1. The Morgan fingerprint density at radius 2 is 1.58 bits per heavy atom. The van der Waals surface area contributed by atoms with Crippen LogP contribution in [0.3, 0.4) is 0 Å². The number of hydrogen-bond acceptors (Lipinski definition) is 9. The number of carbonyl (C=O) groups is 6. The summed E-state index contributed by atoms with van der Waals surface area (Å²) < 4.78 is 6.32. The molecule has 4 aromatic rings. The molecular weight excluding hydrogens is 769 g/mol. The Balaban J connectivity index is 0.00000193. The molecule has 2 aliphatic heterocycles. The molecule has 2 aliphatic rings. The van der Waals surface area contributed by atoms with Crippen molar-refractivity contribution in [2.75, 3.05) is 18.4 Å². The Morgan fingerprint density at radius 1 is 0.900 bits per heavy atom. The van der Waals surface area contributed by atoms with Gasteiger partial charge in [0.25, 0.3) is 17.4 Å². The summed E-state index contributed by atoms with van der Waals surface area (Å²) in [7, 11) is 0. The van der Waals surface area contributed by atoms with Crippen LogP contribution in [0.25, 0.3) is 33.1 Å². The molecule has 4 N–H and O–H groups in total. The molecule has 15 nitrogen and oxygen atoms in total. The lowest BCUT2D eigenvalue weighted by Gasteiger charge is -2.21. The number of nitrogens with one attached hydrogen (secondary N) is 3.